The number of fused-ring (bicyclic) bond motifs is 1. The number of hydrogen-bond donors (Lipinski definition) is 2. The molecule has 2 rings (SSSR count). The Hall–Kier alpha value is -0.710. The number of aliphatic hydroxyl groups excluding tert-OH is 1. The van der Waals surface area contributed by atoms with E-state index in [1.807, 2.05) is 11.8 Å². The third-order valence-corrected chi connectivity index (χ3v) is 4.43. The van der Waals surface area contributed by atoms with Crippen LogP contribution in [0.3, 0.4) is 0 Å². The van der Waals surface area contributed by atoms with Crippen LogP contribution < -0.4 is 10.1 Å². The van der Waals surface area contributed by atoms with Crippen molar-refractivity contribution < 1.29 is 9.84 Å². The van der Waals surface area contributed by atoms with Gasteiger partial charge in [-0.3, -0.25) is 0 Å². The molecule has 0 fully saturated rings. The quantitative estimate of drug-likeness (QED) is 0.718. The van der Waals surface area contributed by atoms with Gasteiger partial charge < -0.3 is 15.2 Å². The van der Waals surface area contributed by atoms with Crippen molar-refractivity contribution in [3.63, 3.8) is 0 Å². The maximum Gasteiger partial charge on any atom is 0.122 e. The average molecular weight is 281 g/mol. The van der Waals surface area contributed by atoms with E-state index in [9.17, 15) is 0 Å². The van der Waals surface area contributed by atoms with E-state index in [4.69, 9.17) is 9.84 Å². The molecule has 1 aliphatic heterocycles. The first kappa shape index (κ1) is 14.7. The van der Waals surface area contributed by atoms with Gasteiger partial charge in [0.15, 0.2) is 0 Å². The summed E-state index contributed by atoms with van der Waals surface area (Å²) in [6.45, 7) is 4.33. The molecule has 1 aromatic carbocycles. The van der Waals surface area contributed by atoms with Crippen LogP contribution in [0.2, 0.25) is 0 Å². The number of hydrogen-bond acceptors (Lipinski definition) is 4. The molecule has 19 heavy (non-hydrogen) atoms. The number of ether oxygens (including phenoxy) is 1. The van der Waals surface area contributed by atoms with Crippen molar-refractivity contribution in [2.45, 2.75) is 25.8 Å². The first-order valence-corrected chi connectivity index (χ1v) is 8.14. The van der Waals surface area contributed by atoms with Gasteiger partial charge in [0.2, 0.25) is 0 Å². The second-order valence-corrected chi connectivity index (χ2v) is 6.06. The molecule has 1 atom stereocenters. The van der Waals surface area contributed by atoms with E-state index in [1.54, 1.807) is 0 Å². The minimum atomic E-state index is 0.300. The highest BCUT2D eigenvalue weighted by molar-refractivity contribution is 7.99. The second kappa shape index (κ2) is 7.78. The van der Waals surface area contributed by atoms with E-state index >= 15 is 0 Å². The molecule has 0 saturated heterocycles. The fourth-order valence-corrected chi connectivity index (χ4v) is 3.01. The SMILES string of the molecule is CC(NCCSCCCO)c1ccc2c(c1)CCO2. The fourth-order valence-electron chi connectivity index (χ4n) is 2.21. The molecular formula is C15H23NO2S. The third-order valence-electron chi connectivity index (χ3n) is 3.36. The molecule has 2 N–H and O–H groups in total. The van der Waals surface area contributed by atoms with Crippen LogP contribution >= 0.6 is 11.8 Å². The molecule has 0 radical (unpaired) electrons. The van der Waals surface area contributed by atoms with Crippen LogP contribution in [0.4, 0.5) is 0 Å². The van der Waals surface area contributed by atoms with Crippen molar-refractivity contribution >= 4 is 11.8 Å². The molecule has 1 aromatic rings. The lowest BCUT2D eigenvalue weighted by Gasteiger charge is -2.15. The molecule has 4 heteroatoms. The van der Waals surface area contributed by atoms with Gasteiger partial charge >= 0.3 is 0 Å². The van der Waals surface area contributed by atoms with Crippen molar-refractivity contribution in [3.05, 3.63) is 29.3 Å². The summed E-state index contributed by atoms with van der Waals surface area (Å²) >= 11 is 1.89. The van der Waals surface area contributed by atoms with Crippen LogP contribution in [0.1, 0.15) is 30.5 Å². The Morgan fingerprint density at radius 3 is 3.16 bits per heavy atom. The predicted molar refractivity (Wildman–Crippen MR) is 81.1 cm³/mol. The molecule has 0 amide bonds. The lowest BCUT2D eigenvalue weighted by molar-refractivity contribution is 0.296. The molecule has 1 heterocycles. The molecule has 1 aliphatic rings. The van der Waals surface area contributed by atoms with Crippen molar-refractivity contribution in [1.82, 2.24) is 5.32 Å². The van der Waals surface area contributed by atoms with Crippen LogP contribution in [-0.4, -0.2) is 36.4 Å². The monoisotopic (exact) mass is 281 g/mol. The van der Waals surface area contributed by atoms with Crippen LogP contribution in [0, 0.1) is 0 Å². The molecule has 0 aromatic heterocycles. The van der Waals surface area contributed by atoms with Gasteiger partial charge in [-0.25, -0.2) is 0 Å². The summed E-state index contributed by atoms with van der Waals surface area (Å²) in [4.78, 5) is 0. The van der Waals surface area contributed by atoms with Crippen molar-refractivity contribution in [3.8, 4) is 5.75 Å². The molecule has 106 valence electrons. The summed E-state index contributed by atoms with van der Waals surface area (Å²) in [7, 11) is 0. The number of thioether (sulfide) groups is 1. The lowest BCUT2D eigenvalue weighted by atomic mass is 10.0. The zero-order valence-corrected chi connectivity index (χ0v) is 12.3. The molecule has 0 saturated carbocycles. The maximum atomic E-state index is 8.70. The Bertz CT molecular complexity index is 398. The summed E-state index contributed by atoms with van der Waals surface area (Å²) < 4.78 is 5.53. The molecule has 0 aliphatic carbocycles. The van der Waals surface area contributed by atoms with Gasteiger partial charge in [-0.1, -0.05) is 12.1 Å². The normalized spacial score (nSPS) is 15.1. The molecule has 0 bridgehead atoms. The Balaban J connectivity index is 1.72. The van der Waals surface area contributed by atoms with Crippen molar-refractivity contribution in [2.75, 3.05) is 31.3 Å². The van der Waals surface area contributed by atoms with Gasteiger partial charge in [0.05, 0.1) is 6.61 Å². The van der Waals surface area contributed by atoms with Gasteiger partial charge in [0, 0.05) is 31.4 Å². The van der Waals surface area contributed by atoms with Crippen molar-refractivity contribution in [2.24, 2.45) is 0 Å². The van der Waals surface area contributed by atoms with Crippen LogP contribution in [0.5, 0.6) is 5.75 Å². The molecule has 3 nitrogen and oxygen atoms in total. The second-order valence-electron chi connectivity index (χ2n) is 4.83. The molecule has 1 unspecified atom stereocenters. The third kappa shape index (κ3) is 4.41. The van der Waals surface area contributed by atoms with Gasteiger partial charge in [0.1, 0.15) is 5.75 Å². The highest BCUT2D eigenvalue weighted by Gasteiger charge is 2.14. The summed E-state index contributed by atoms with van der Waals surface area (Å²) in [6, 6.07) is 6.88. The smallest absolute Gasteiger partial charge is 0.122 e. The van der Waals surface area contributed by atoms with Gasteiger partial charge in [-0.2, -0.15) is 11.8 Å². The summed E-state index contributed by atoms with van der Waals surface area (Å²) in [6.07, 6.45) is 1.93. The Morgan fingerprint density at radius 1 is 1.42 bits per heavy atom. The maximum absolute atomic E-state index is 8.70. The van der Waals surface area contributed by atoms with E-state index in [0.29, 0.717) is 12.6 Å². The minimum Gasteiger partial charge on any atom is -0.493 e. The first-order valence-electron chi connectivity index (χ1n) is 6.99. The number of aliphatic hydroxyl groups is 1. The zero-order chi connectivity index (χ0) is 13.5. The largest absolute Gasteiger partial charge is 0.493 e. The predicted octanol–water partition coefficient (Wildman–Crippen LogP) is 2.39. The highest BCUT2D eigenvalue weighted by Crippen LogP contribution is 2.28. The Morgan fingerprint density at radius 2 is 2.32 bits per heavy atom. The first-order chi connectivity index (χ1) is 9.31. The Labute approximate surface area is 119 Å². The summed E-state index contributed by atoms with van der Waals surface area (Å²) in [5, 5.41) is 12.2. The van der Waals surface area contributed by atoms with E-state index in [2.05, 4.69) is 30.4 Å². The van der Waals surface area contributed by atoms with Gasteiger partial charge in [-0.15, -0.1) is 0 Å². The average Bonchev–Trinajstić information content (AvgIpc) is 2.89. The lowest BCUT2D eigenvalue weighted by Crippen LogP contribution is -2.21. The van der Waals surface area contributed by atoms with Crippen molar-refractivity contribution in [1.29, 1.82) is 0 Å². The topological polar surface area (TPSA) is 41.5 Å². The standard InChI is InChI=1S/C15H23NO2S/c1-12(16-6-10-19-9-2-7-17)13-3-4-15-14(11-13)5-8-18-15/h3-4,11-12,16-17H,2,5-10H2,1H3. The number of nitrogens with one attached hydrogen (secondary N) is 1. The van der Waals surface area contributed by atoms with Gasteiger partial charge in [0.25, 0.3) is 0 Å². The number of benzene rings is 1. The summed E-state index contributed by atoms with van der Waals surface area (Å²) in [5.41, 5.74) is 2.67. The fraction of sp³-hybridized carbons (Fsp3) is 0.600. The van der Waals surface area contributed by atoms with Crippen LogP contribution in [0.15, 0.2) is 18.2 Å². The summed E-state index contributed by atoms with van der Waals surface area (Å²) in [5.74, 6) is 3.19. The Kier molecular flexibility index (Phi) is 6.01. The van der Waals surface area contributed by atoms with Crippen LogP contribution in [0.25, 0.3) is 0 Å². The minimum absolute atomic E-state index is 0.300. The van der Waals surface area contributed by atoms with E-state index in [1.165, 1.54) is 11.1 Å². The van der Waals surface area contributed by atoms with E-state index < -0.39 is 0 Å². The molecule has 0 spiro atoms. The highest BCUT2D eigenvalue weighted by atomic mass is 32.2. The van der Waals surface area contributed by atoms with E-state index in [0.717, 1.165) is 43.2 Å². The van der Waals surface area contributed by atoms with Crippen LogP contribution in [-0.2, 0) is 6.42 Å². The van der Waals surface area contributed by atoms with E-state index in [-0.39, 0.29) is 0 Å². The zero-order valence-electron chi connectivity index (χ0n) is 11.5. The number of rotatable bonds is 8. The van der Waals surface area contributed by atoms with Gasteiger partial charge in [-0.05, 0) is 36.3 Å². The molecular weight excluding hydrogens is 258 g/mol.